The Morgan fingerprint density at radius 2 is 2.10 bits per heavy atom. The predicted octanol–water partition coefficient (Wildman–Crippen LogP) is 4.80. The van der Waals surface area contributed by atoms with Crippen molar-refractivity contribution in [3.05, 3.63) is 51.2 Å². The molecular weight excluding hydrogens is 350 g/mol. The van der Waals surface area contributed by atoms with Crippen LogP contribution >= 0.6 is 27.5 Å². The Labute approximate surface area is 139 Å². The minimum Gasteiger partial charge on any atom is -0.306 e. The molecule has 1 aromatic heterocycles. The number of halogens is 2. The zero-order valence-electron chi connectivity index (χ0n) is 12.4. The number of hydrogen-bond donors (Lipinski definition) is 1. The van der Waals surface area contributed by atoms with Crippen molar-refractivity contribution in [2.24, 2.45) is 0 Å². The first-order chi connectivity index (χ1) is 10.2. The number of nitrogens with zero attached hydrogens (tertiary/aromatic N) is 2. The average Bonchev–Trinajstić information content (AvgIpc) is 2.92. The van der Waals surface area contributed by atoms with E-state index in [1.54, 1.807) is 0 Å². The maximum atomic E-state index is 6.10. The topological polar surface area (TPSA) is 29.9 Å². The molecule has 114 valence electrons. The van der Waals surface area contributed by atoms with Crippen molar-refractivity contribution < 1.29 is 0 Å². The van der Waals surface area contributed by atoms with Gasteiger partial charge in [0.15, 0.2) is 0 Å². The molecule has 2 rings (SSSR count). The number of aryl methyl sites for hydroxylation is 1. The SMILES string of the molecule is CCCNC(c1ccc(Cl)c(Br)c1)c1cnn(CCC)c1. The number of benzene rings is 1. The second-order valence-corrected chi connectivity index (χ2v) is 6.36. The summed E-state index contributed by atoms with van der Waals surface area (Å²) in [5, 5.41) is 8.76. The van der Waals surface area contributed by atoms with Gasteiger partial charge in [-0.05, 0) is 53.0 Å². The van der Waals surface area contributed by atoms with E-state index >= 15 is 0 Å². The average molecular weight is 371 g/mol. The van der Waals surface area contributed by atoms with E-state index in [0.717, 1.165) is 35.4 Å². The predicted molar refractivity (Wildman–Crippen MR) is 91.8 cm³/mol. The van der Waals surface area contributed by atoms with Gasteiger partial charge in [-0.1, -0.05) is 31.5 Å². The van der Waals surface area contributed by atoms with Gasteiger partial charge in [0.2, 0.25) is 0 Å². The van der Waals surface area contributed by atoms with Crippen LogP contribution in [0.15, 0.2) is 35.1 Å². The molecule has 0 aliphatic carbocycles. The second-order valence-electron chi connectivity index (χ2n) is 5.10. The summed E-state index contributed by atoms with van der Waals surface area (Å²) in [6.45, 7) is 6.24. The normalized spacial score (nSPS) is 12.6. The Morgan fingerprint density at radius 1 is 1.29 bits per heavy atom. The lowest BCUT2D eigenvalue weighted by atomic mass is 10.0. The van der Waals surface area contributed by atoms with Crippen LogP contribution in [-0.2, 0) is 6.54 Å². The molecule has 1 heterocycles. The molecule has 1 aromatic carbocycles. The molecule has 0 bridgehead atoms. The molecular formula is C16H21BrClN3. The first-order valence-corrected chi connectivity index (χ1v) is 8.53. The van der Waals surface area contributed by atoms with Crippen molar-refractivity contribution in [1.82, 2.24) is 15.1 Å². The van der Waals surface area contributed by atoms with Gasteiger partial charge in [0, 0.05) is 22.8 Å². The molecule has 1 atom stereocenters. The van der Waals surface area contributed by atoms with Gasteiger partial charge in [0.1, 0.15) is 0 Å². The summed E-state index contributed by atoms with van der Waals surface area (Å²) in [5.74, 6) is 0. The van der Waals surface area contributed by atoms with Gasteiger partial charge in [-0.15, -0.1) is 0 Å². The Bertz CT molecular complexity index is 583. The van der Waals surface area contributed by atoms with Crippen LogP contribution in [0, 0.1) is 0 Å². The fourth-order valence-electron chi connectivity index (χ4n) is 2.29. The molecule has 1 unspecified atom stereocenters. The molecule has 2 aromatic rings. The van der Waals surface area contributed by atoms with E-state index in [-0.39, 0.29) is 6.04 Å². The third-order valence-corrected chi connectivity index (χ3v) is 4.53. The summed E-state index contributed by atoms with van der Waals surface area (Å²) in [5.41, 5.74) is 2.38. The molecule has 21 heavy (non-hydrogen) atoms. The minimum absolute atomic E-state index is 0.143. The highest BCUT2D eigenvalue weighted by atomic mass is 79.9. The molecule has 1 N–H and O–H groups in total. The van der Waals surface area contributed by atoms with Crippen molar-refractivity contribution in [2.75, 3.05) is 6.54 Å². The maximum absolute atomic E-state index is 6.10. The van der Waals surface area contributed by atoms with E-state index < -0.39 is 0 Å². The van der Waals surface area contributed by atoms with Gasteiger partial charge in [-0.2, -0.15) is 5.10 Å². The Kier molecular flexibility index (Phi) is 6.27. The molecule has 0 saturated heterocycles. The van der Waals surface area contributed by atoms with Crippen LogP contribution in [0.25, 0.3) is 0 Å². The van der Waals surface area contributed by atoms with Crippen molar-refractivity contribution >= 4 is 27.5 Å². The van der Waals surface area contributed by atoms with E-state index in [9.17, 15) is 0 Å². The van der Waals surface area contributed by atoms with Gasteiger partial charge in [-0.3, -0.25) is 4.68 Å². The number of nitrogens with one attached hydrogen (secondary N) is 1. The largest absolute Gasteiger partial charge is 0.306 e. The highest BCUT2D eigenvalue weighted by Gasteiger charge is 2.16. The molecule has 0 fully saturated rings. The summed E-state index contributed by atoms with van der Waals surface area (Å²) >= 11 is 9.60. The summed E-state index contributed by atoms with van der Waals surface area (Å²) in [7, 11) is 0. The van der Waals surface area contributed by atoms with Crippen LogP contribution in [0.5, 0.6) is 0 Å². The molecule has 0 aliphatic heterocycles. The smallest absolute Gasteiger partial charge is 0.0608 e. The van der Waals surface area contributed by atoms with Gasteiger partial charge in [-0.25, -0.2) is 0 Å². The molecule has 0 aliphatic rings. The van der Waals surface area contributed by atoms with E-state index in [1.165, 1.54) is 11.1 Å². The standard InChI is InChI=1S/C16H21BrClN3/c1-3-7-19-16(12-5-6-15(18)14(17)9-12)13-10-20-21(11-13)8-4-2/h5-6,9-11,16,19H,3-4,7-8H2,1-2H3. The first kappa shape index (κ1) is 16.5. The van der Waals surface area contributed by atoms with Gasteiger partial charge in [0.05, 0.1) is 17.3 Å². The van der Waals surface area contributed by atoms with Crippen LogP contribution in [0.1, 0.15) is 43.9 Å². The van der Waals surface area contributed by atoms with Gasteiger partial charge >= 0.3 is 0 Å². The lowest BCUT2D eigenvalue weighted by Gasteiger charge is -2.18. The highest BCUT2D eigenvalue weighted by Crippen LogP contribution is 2.29. The van der Waals surface area contributed by atoms with E-state index in [0.29, 0.717) is 0 Å². The Hall–Kier alpha value is -0.840. The Morgan fingerprint density at radius 3 is 2.76 bits per heavy atom. The van der Waals surface area contributed by atoms with Crippen LogP contribution in [-0.4, -0.2) is 16.3 Å². The number of hydrogen-bond acceptors (Lipinski definition) is 2. The summed E-state index contributed by atoms with van der Waals surface area (Å²) in [6.07, 6.45) is 6.25. The van der Waals surface area contributed by atoms with Gasteiger partial charge in [0.25, 0.3) is 0 Å². The summed E-state index contributed by atoms with van der Waals surface area (Å²) in [4.78, 5) is 0. The van der Waals surface area contributed by atoms with Crippen LogP contribution in [0.3, 0.4) is 0 Å². The van der Waals surface area contributed by atoms with E-state index in [4.69, 9.17) is 11.6 Å². The van der Waals surface area contributed by atoms with Gasteiger partial charge < -0.3 is 5.32 Å². The van der Waals surface area contributed by atoms with E-state index in [1.807, 2.05) is 16.9 Å². The van der Waals surface area contributed by atoms with Crippen LogP contribution in [0.4, 0.5) is 0 Å². The van der Waals surface area contributed by atoms with Crippen molar-refractivity contribution in [1.29, 1.82) is 0 Å². The van der Waals surface area contributed by atoms with Crippen molar-refractivity contribution in [2.45, 2.75) is 39.3 Å². The third kappa shape index (κ3) is 4.31. The Balaban J connectivity index is 2.29. The number of rotatable bonds is 7. The monoisotopic (exact) mass is 369 g/mol. The quantitative estimate of drug-likeness (QED) is 0.759. The molecule has 0 saturated carbocycles. The lowest BCUT2D eigenvalue weighted by Crippen LogP contribution is -2.22. The van der Waals surface area contributed by atoms with E-state index in [2.05, 4.69) is 58.5 Å². The molecule has 5 heteroatoms. The second kappa shape index (κ2) is 7.97. The molecule has 0 amide bonds. The van der Waals surface area contributed by atoms with Crippen molar-refractivity contribution in [3.8, 4) is 0 Å². The summed E-state index contributed by atoms with van der Waals surface area (Å²) < 4.78 is 2.92. The molecule has 0 radical (unpaired) electrons. The maximum Gasteiger partial charge on any atom is 0.0608 e. The fraction of sp³-hybridized carbons (Fsp3) is 0.438. The van der Waals surface area contributed by atoms with Crippen LogP contribution in [0.2, 0.25) is 5.02 Å². The fourth-order valence-corrected chi connectivity index (χ4v) is 2.80. The zero-order chi connectivity index (χ0) is 15.2. The van der Waals surface area contributed by atoms with Crippen LogP contribution < -0.4 is 5.32 Å². The molecule has 0 spiro atoms. The van der Waals surface area contributed by atoms with Crippen molar-refractivity contribution in [3.63, 3.8) is 0 Å². The zero-order valence-corrected chi connectivity index (χ0v) is 14.8. The molecule has 3 nitrogen and oxygen atoms in total. The first-order valence-electron chi connectivity index (χ1n) is 7.36. The minimum atomic E-state index is 0.143. The third-order valence-electron chi connectivity index (χ3n) is 3.31. The highest BCUT2D eigenvalue weighted by molar-refractivity contribution is 9.10. The summed E-state index contributed by atoms with van der Waals surface area (Å²) in [6, 6.07) is 6.21. The number of aromatic nitrogens is 2. The lowest BCUT2D eigenvalue weighted by molar-refractivity contribution is 0.588.